The molecule has 0 aromatic heterocycles. The van der Waals surface area contributed by atoms with Gasteiger partial charge in [0.05, 0.1) is 6.10 Å². The molecule has 0 saturated carbocycles. The highest BCUT2D eigenvalue weighted by atomic mass is 16.3. The van der Waals surface area contributed by atoms with Crippen molar-refractivity contribution in [2.45, 2.75) is 64.9 Å². The molecule has 1 N–H and O–H groups in total. The van der Waals surface area contributed by atoms with Crippen LogP contribution in [0.4, 0.5) is 0 Å². The van der Waals surface area contributed by atoms with Gasteiger partial charge in [0.25, 0.3) is 0 Å². The van der Waals surface area contributed by atoms with Crippen LogP contribution in [0.2, 0.25) is 0 Å². The van der Waals surface area contributed by atoms with Crippen molar-refractivity contribution in [3.63, 3.8) is 0 Å². The molecule has 1 aliphatic rings. The smallest absolute Gasteiger partial charge is 0.0916 e. The fourth-order valence-electron chi connectivity index (χ4n) is 3.26. The van der Waals surface area contributed by atoms with Crippen LogP contribution in [0.25, 0.3) is 0 Å². The minimum atomic E-state index is -0.345. The number of aryl methyl sites for hydroxylation is 1. The molecule has 1 aromatic rings. The Morgan fingerprint density at radius 3 is 2.41 bits per heavy atom. The first-order valence-electron chi connectivity index (χ1n) is 9.18. The van der Waals surface area contributed by atoms with Crippen LogP contribution in [0.1, 0.15) is 69.6 Å². The zero-order valence-electron chi connectivity index (χ0n) is 14.4. The fraction of sp³-hybridized carbons (Fsp3) is 0.700. The lowest BCUT2D eigenvalue weighted by Crippen LogP contribution is -2.35. The highest BCUT2D eigenvalue weighted by Crippen LogP contribution is 2.21. The Balaban J connectivity index is 1.76. The number of unbranched alkanes of at least 4 members (excludes halogenated alkanes) is 3. The lowest BCUT2D eigenvalue weighted by molar-refractivity contribution is 0.0916. The third-order valence-electron chi connectivity index (χ3n) is 4.99. The second kappa shape index (κ2) is 9.32. The standard InChI is InChI=1S/C20H33NO/c1-3-4-5-6-7-18-8-10-19(11-9-18)20(22)16-21-14-12-17(2)13-15-21/h8-11,17,20,22H,3-7,12-16H2,1-2H3. The van der Waals surface area contributed by atoms with Crippen LogP contribution in [-0.4, -0.2) is 29.6 Å². The Labute approximate surface area is 136 Å². The van der Waals surface area contributed by atoms with Gasteiger partial charge in [-0.05, 0) is 55.8 Å². The van der Waals surface area contributed by atoms with E-state index in [0.29, 0.717) is 0 Å². The van der Waals surface area contributed by atoms with Gasteiger partial charge in [0.15, 0.2) is 0 Å². The minimum Gasteiger partial charge on any atom is -0.387 e. The molecule has 1 unspecified atom stereocenters. The summed E-state index contributed by atoms with van der Waals surface area (Å²) in [4.78, 5) is 2.41. The van der Waals surface area contributed by atoms with Gasteiger partial charge in [-0.15, -0.1) is 0 Å². The lowest BCUT2D eigenvalue weighted by Gasteiger charge is -2.31. The molecule has 1 aliphatic heterocycles. The maximum absolute atomic E-state index is 10.4. The van der Waals surface area contributed by atoms with E-state index >= 15 is 0 Å². The van der Waals surface area contributed by atoms with Crippen LogP contribution in [0.15, 0.2) is 24.3 Å². The van der Waals surface area contributed by atoms with Crippen molar-refractivity contribution in [3.8, 4) is 0 Å². The van der Waals surface area contributed by atoms with Crippen molar-refractivity contribution in [3.05, 3.63) is 35.4 Å². The average molecular weight is 303 g/mol. The molecule has 1 aromatic carbocycles. The first-order valence-corrected chi connectivity index (χ1v) is 9.18. The number of hydrogen-bond donors (Lipinski definition) is 1. The van der Waals surface area contributed by atoms with Crippen molar-refractivity contribution in [2.24, 2.45) is 5.92 Å². The predicted molar refractivity (Wildman–Crippen MR) is 94.1 cm³/mol. The summed E-state index contributed by atoms with van der Waals surface area (Å²) in [7, 11) is 0. The molecule has 2 nitrogen and oxygen atoms in total. The van der Waals surface area contributed by atoms with Crippen LogP contribution >= 0.6 is 0 Å². The first kappa shape index (κ1) is 17.5. The molecule has 0 spiro atoms. The van der Waals surface area contributed by atoms with E-state index in [9.17, 15) is 5.11 Å². The summed E-state index contributed by atoms with van der Waals surface area (Å²) in [5, 5.41) is 10.4. The van der Waals surface area contributed by atoms with Crippen molar-refractivity contribution < 1.29 is 5.11 Å². The normalized spacial score (nSPS) is 18.5. The number of likely N-dealkylation sites (tertiary alicyclic amines) is 1. The zero-order valence-corrected chi connectivity index (χ0v) is 14.4. The van der Waals surface area contributed by atoms with E-state index in [0.717, 1.165) is 31.1 Å². The van der Waals surface area contributed by atoms with Gasteiger partial charge in [-0.25, -0.2) is 0 Å². The van der Waals surface area contributed by atoms with Gasteiger partial charge >= 0.3 is 0 Å². The molecule has 1 saturated heterocycles. The largest absolute Gasteiger partial charge is 0.387 e. The summed E-state index contributed by atoms with van der Waals surface area (Å²) in [5.41, 5.74) is 2.47. The summed E-state index contributed by atoms with van der Waals surface area (Å²) in [6, 6.07) is 8.63. The van der Waals surface area contributed by atoms with Gasteiger partial charge in [-0.2, -0.15) is 0 Å². The predicted octanol–water partition coefficient (Wildman–Crippen LogP) is 4.57. The van der Waals surface area contributed by atoms with Gasteiger partial charge in [0.1, 0.15) is 0 Å². The molecule has 2 rings (SSSR count). The molecular weight excluding hydrogens is 270 g/mol. The van der Waals surface area contributed by atoms with Crippen LogP contribution in [0, 0.1) is 5.92 Å². The number of rotatable bonds is 8. The Morgan fingerprint density at radius 1 is 1.09 bits per heavy atom. The lowest BCUT2D eigenvalue weighted by atomic mass is 9.98. The molecule has 1 fully saturated rings. The van der Waals surface area contributed by atoms with Crippen LogP contribution < -0.4 is 0 Å². The topological polar surface area (TPSA) is 23.5 Å². The number of aliphatic hydroxyl groups excluding tert-OH is 1. The number of β-amino-alcohol motifs (C(OH)–C–C–N with tert-alkyl or cyclic N) is 1. The van der Waals surface area contributed by atoms with E-state index in [1.807, 2.05) is 0 Å². The van der Waals surface area contributed by atoms with Crippen LogP contribution in [0.3, 0.4) is 0 Å². The van der Waals surface area contributed by atoms with E-state index in [2.05, 4.69) is 43.0 Å². The van der Waals surface area contributed by atoms with Gasteiger partial charge in [-0.1, -0.05) is 57.4 Å². The minimum absolute atomic E-state index is 0.345. The van der Waals surface area contributed by atoms with E-state index in [-0.39, 0.29) is 6.10 Å². The molecule has 1 atom stereocenters. The summed E-state index contributed by atoms with van der Waals surface area (Å²) < 4.78 is 0. The van der Waals surface area contributed by atoms with Crippen LogP contribution in [-0.2, 0) is 6.42 Å². The number of hydrogen-bond acceptors (Lipinski definition) is 2. The van der Waals surface area contributed by atoms with Gasteiger partial charge in [-0.3, -0.25) is 0 Å². The Hall–Kier alpha value is -0.860. The van der Waals surface area contributed by atoms with Crippen molar-refractivity contribution in [2.75, 3.05) is 19.6 Å². The van der Waals surface area contributed by atoms with Gasteiger partial charge in [0, 0.05) is 6.54 Å². The molecule has 1 heterocycles. The molecule has 124 valence electrons. The highest BCUT2D eigenvalue weighted by molar-refractivity contribution is 5.24. The molecular formula is C20H33NO. The molecule has 2 heteroatoms. The Kier molecular flexibility index (Phi) is 7.41. The fourth-order valence-corrected chi connectivity index (χ4v) is 3.26. The quantitative estimate of drug-likeness (QED) is 0.711. The number of aliphatic hydroxyl groups is 1. The van der Waals surface area contributed by atoms with Crippen molar-refractivity contribution in [1.29, 1.82) is 0 Å². The van der Waals surface area contributed by atoms with Crippen molar-refractivity contribution in [1.82, 2.24) is 4.90 Å². The maximum atomic E-state index is 10.4. The summed E-state index contributed by atoms with van der Waals surface area (Å²) in [6.45, 7) is 7.62. The third kappa shape index (κ3) is 5.73. The first-order chi connectivity index (χ1) is 10.7. The molecule has 0 amide bonds. The van der Waals surface area contributed by atoms with E-state index < -0.39 is 0 Å². The summed E-state index contributed by atoms with van der Waals surface area (Å²) in [6.07, 6.45) is 8.59. The highest BCUT2D eigenvalue weighted by Gasteiger charge is 2.19. The monoisotopic (exact) mass is 303 g/mol. The number of nitrogens with zero attached hydrogens (tertiary/aromatic N) is 1. The van der Waals surface area contributed by atoms with E-state index in [1.165, 1.54) is 50.5 Å². The second-order valence-electron chi connectivity index (χ2n) is 7.05. The maximum Gasteiger partial charge on any atom is 0.0916 e. The molecule has 0 radical (unpaired) electrons. The van der Waals surface area contributed by atoms with Gasteiger partial charge < -0.3 is 10.0 Å². The van der Waals surface area contributed by atoms with E-state index in [1.54, 1.807) is 0 Å². The molecule has 0 aliphatic carbocycles. The summed E-state index contributed by atoms with van der Waals surface area (Å²) >= 11 is 0. The molecule has 0 bridgehead atoms. The second-order valence-corrected chi connectivity index (χ2v) is 7.05. The van der Waals surface area contributed by atoms with Crippen molar-refractivity contribution >= 4 is 0 Å². The SMILES string of the molecule is CCCCCCc1ccc(C(O)CN2CCC(C)CC2)cc1. The third-order valence-corrected chi connectivity index (χ3v) is 4.99. The zero-order chi connectivity index (χ0) is 15.8. The van der Waals surface area contributed by atoms with Crippen LogP contribution in [0.5, 0.6) is 0 Å². The Morgan fingerprint density at radius 2 is 1.77 bits per heavy atom. The van der Waals surface area contributed by atoms with E-state index in [4.69, 9.17) is 0 Å². The number of benzene rings is 1. The summed E-state index contributed by atoms with van der Waals surface area (Å²) in [5.74, 6) is 0.848. The van der Waals surface area contributed by atoms with Gasteiger partial charge in [0.2, 0.25) is 0 Å². The molecule has 22 heavy (non-hydrogen) atoms. The number of piperidine rings is 1. The average Bonchev–Trinajstić information content (AvgIpc) is 2.54. The Bertz CT molecular complexity index is 406.